The maximum absolute atomic E-state index is 11.1. The van der Waals surface area contributed by atoms with Crippen molar-refractivity contribution in [3.8, 4) is 0 Å². The van der Waals surface area contributed by atoms with E-state index in [4.69, 9.17) is 9.52 Å². The van der Waals surface area contributed by atoms with Crippen LogP contribution in [0.2, 0.25) is 0 Å². The first-order chi connectivity index (χ1) is 8.09. The molecule has 4 heteroatoms. The minimum absolute atomic E-state index is 0.525. The van der Waals surface area contributed by atoms with Crippen molar-refractivity contribution < 1.29 is 14.3 Å². The van der Waals surface area contributed by atoms with E-state index in [2.05, 4.69) is 4.98 Å². The summed E-state index contributed by atoms with van der Waals surface area (Å²) in [5.74, 6) is -0.0529. The maximum Gasteiger partial charge on any atom is 0.309 e. The number of oxazole rings is 1. The van der Waals surface area contributed by atoms with Gasteiger partial charge in [0.1, 0.15) is 5.52 Å². The van der Waals surface area contributed by atoms with E-state index in [1.165, 1.54) is 0 Å². The Morgan fingerprint density at radius 2 is 2.29 bits per heavy atom. The van der Waals surface area contributed by atoms with Gasteiger partial charge in [-0.05, 0) is 37.0 Å². The molecule has 1 aliphatic rings. The first-order valence-electron chi connectivity index (χ1n) is 5.69. The number of aromatic nitrogens is 1. The summed E-state index contributed by atoms with van der Waals surface area (Å²) in [5, 5.41) is 9.15. The summed E-state index contributed by atoms with van der Waals surface area (Å²) in [4.78, 5) is 15.3. The maximum atomic E-state index is 11.1. The smallest absolute Gasteiger partial charge is 0.309 e. The number of hydrogen-bond acceptors (Lipinski definition) is 3. The molecule has 1 N–H and O–H groups in total. The summed E-state index contributed by atoms with van der Waals surface area (Å²) >= 11 is 0. The lowest BCUT2D eigenvalue weighted by molar-refractivity contribution is -0.143. The lowest BCUT2D eigenvalue weighted by atomic mass is 9.96. The molecular weight excluding hydrogens is 218 g/mol. The van der Waals surface area contributed by atoms with Crippen LogP contribution in [0.4, 0.5) is 0 Å². The van der Waals surface area contributed by atoms with Crippen molar-refractivity contribution in [2.24, 2.45) is 5.41 Å². The van der Waals surface area contributed by atoms with Gasteiger partial charge in [0, 0.05) is 6.92 Å². The van der Waals surface area contributed by atoms with Crippen LogP contribution in [0.3, 0.4) is 0 Å². The molecule has 2 aromatic rings. The van der Waals surface area contributed by atoms with Crippen molar-refractivity contribution in [2.75, 3.05) is 0 Å². The predicted octanol–water partition coefficient (Wildman–Crippen LogP) is 2.54. The van der Waals surface area contributed by atoms with Gasteiger partial charge in [-0.2, -0.15) is 0 Å². The third-order valence-electron chi connectivity index (χ3n) is 3.41. The quantitative estimate of drug-likeness (QED) is 0.881. The summed E-state index contributed by atoms with van der Waals surface area (Å²) in [7, 11) is 0. The number of nitrogens with zero attached hydrogens (tertiary/aromatic N) is 1. The summed E-state index contributed by atoms with van der Waals surface area (Å²) in [5.41, 5.74) is 2.05. The number of carbonyl (C=O) groups is 1. The molecule has 0 unspecified atom stereocenters. The standard InChI is InChI=1S/C13H13NO3/c1-8-14-10-3-2-9(6-11(10)17-8)7-13(4-5-13)12(15)16/h2-3,6H,4-5,7H2,1H3,(H,15,16). The van der Waals surface area contributed by atoms with Crippen LogP contribution in [-0.2, 0) is 11.2 Å². The van der Waals surface area contributed by atoms with Gasteiger partial charge < -0.3 is 9.52 Å². The van der Waals surface area contributed by atoms with Gasteiger partial charge in [-0.3, -0.25) is 4.79 Å². The molecular formula is C13H13NO3. The van der Waals surface area contributed by atoms with Crippen molar-refractivity contribution in [2.45, 2.75) is 26.2 Å². The zero-order valence-electron chi connectivity index (χ0n) is 9.56. The number of hydrogen-bond donors (Lipinski definition) is 1. The molecule has 17 heavy (non-hydrogen) atoms. The van der Waals surface area contributed by atoms with Crippen LogP contribution in [0, 0.1) is 12.3 Å². The fourth-order valence-electron chi connectivity index (χ4n) is 2.20. The van der Waals surface area contributed by atoms with Crippen molar-refractivity contribution in [3.63, 3.8) is 0 Å². The SMILES string of the molecule is Cc1nc2ccc(CC3(C(=O)O)CC3)cc2o1. The first-order valence-corrected chi connectivity index (χ1v) is 5.69. The van der Waals surface area contributed by atoms with Crippen molar-refractivity contribution in [3.05, 3.63) is 29.7 Å². The normalized spacial score (nSPS) is 17.2. The van der Waals surface area contributed by atoms with Gasteiger partial charge in [0.15, 0.2) is 11.5 Å². The van der Waals surface area contributed by atoms with Crippen molar-refractivity contribution in [1.82, 2.24) is 4.98 Å². The molecule has 1 heterocycles. The molecule has 0 radical (unpaired) electrons. The van der Waals surface area contributed by atoms with E-state index < -0.39 is 11.4 Å². The van der Waals surface area contributed by atoms with E-state index in [0.29, 0.717) is 12.3 Å². The summed E-state index contributed by atoms with van der Waals surface area (Å²) in [6.45, 7) is 1.80. The fraction of sp³-hybridized carbons (Fsp3) is 0.385. The average Bonchev–Trinajstić information content (AvgIpc) is 2.94. The zero-order valence-corrected chi connectivity index (χ0v) is 9.56. The number of carboxylic acids is 1. The highest BCUT2D eigenvalue weighted by Crippen LogP contribution is 2.48. The molecule has 0 spiro atoms. The van der Waals surface area contributed by atoms with Crippen LogP contribution < -0.4 is 0 Å². The van der Waals surface area contributed by atoms with Gasteiger partial charge in [0.05, 0.1) is 5.41 Å². The fourth-order valence-corrected chi connectivity index (χ4v) is 2.20. The van der Waals surface area contributed by atoms with Crippen LogP contribution in [0.1, 0.15) is 24.3 Å². The van der Waals surface area contributed by atoms with E-state index in [1.807, 2.05) is 18.2 Å². The average molecular weight is 231 g/mol. The zero-order chi connectivity index (χ0) is 12.0. The molecule has 4 nitrogen and oxygen atoms in total. The first kappa shape index (κ1) is 10.3. The molecule has 1 aromatic carbocycles. The Balaban J connectivity index is 1.93. The molecule has 0 bridgehead atoms. The van der Waals surface area contributed by atoms with Gasteiger partial charge in [0.2, 0.25) is 0 Å². The van der Waals surface area contributed by atoms with E-state index in [1.54, 1.807) is 6.92 Å². The van der Waals surface area contributed by atoms with E-state index in [-0.39, 0.29) is 0 Å². The molecule has 0 aliphatic heterocycles. The highest BCUT2D eigenvalue weighted by molar-refractivity contribution is 5.79. The third-order valence-corrected chi connectivity index (χ3v) is 3.41. The minimum Gasteiger partial charge on any atom is -0.481 e. The van der Waals surface area contributed by atoms with Gasteiger partial charge >= 0.3 is 5.97 Å². The lowest BCUT2D eigenvalue weighted by Gasteiger charge is -2.08. The Morgan fingerprint density at radius 1 is 1.53 bits per heavy atom. The molecule has 3 rings (SSSR count). The number of rotatable bonds is 3. The van der Waals surface area contributed by atoms with Crippen LogP contribution in [0.5, 0.6) is 0 Å². The van der Waals surface area contributed by atoms with Crippen molar-refractivity contribution >= 4 is 17.1 Å². The summed E-state index contributed by atoms with van der Waals surface area (Å²) in [6.07, 6.45) is 2.13. The van der Waals surface area contributed by atoms with E-state index >= 15 is 0 Å². The Hall–Kier alpha value is -1.84. The Morgan fingerprint density at radius 3 is 2.94 bits per heavy atom. The van der Waals surface area contributed by atoms with Crippen LogP contribution >= 0.6 is 0 Å². The summed E-state index contributed by atoms with van der Waals surface area (Å²) in [6, 6.07) is 5.73. The monoisotopic (exact) mass is 231 g/mol. The predicted molar refractivity (Wildman–Crippen MR) is 61.8 cm³/mol. The Kier molecular flexibility index (Phi) is 2.02. The van der Waals surface area contributed by atoms with Gasteiger partial charge in [-0.25, -0.2) is 4.98 Å². The number of benzene rings is 1. The number of aliphatic carboxylic acids is 1. The molecule has 1 aromatic heterocycles. The number of aryl methyl sites for hydroxylation is 1. The van der Waals surface area contributed by atoms with Gasteiger partial charge in [-0.15, -0.1) is 0 Å². The highest BCUT2D eigenvalue weighted by atomic mass is 16.4. The van der Waals surface area contributed by atoms with Gasteiger partial charge in [0.25, 0.3) is 0 Å². The molecule has 0 saturated heterocycles. The largest absolute Gasteiger partial charge is 0.481 e. The van der Waals surface area contributed by atoms with Crippen LogP contribution in [0.25, 0.3) is 11.1 Å². The van der Waals surface area contributed by atoms with Gasteiger partial charge in [-0.1, -0.05) is 6.07 Å². The second-order valence-corrected chi connectivity index (χ2v) is 4.80. The lowest BCUT2D eigenvalue weighted by Crippen LogP contribution is -2.17. The molecule has 1 fully saturated rings. The topological polar surface area (TPSA) is 63.3 Å². The number of carboxylic acid groups (broad SMARTS) is 1. The molecule has 1 saturated carbocycles. The highest BCUT2D eigenvalue weighted by Gasteiger charge is 2.49. The van der Waals surface area contributed by atoms with Crippen LogP contribution in [-0.4, -0.2) is 16.1 Å². The Labute approximate surface area is 98.3 Å². The molecule has 1 aliphatic carbocycles. The number of fused-ring (bicyclic) bond motifs is 1. The minimum atomic E-state index is -0.689. The summed E-state index contributed by atoms with van der Waals surface area (Å²) < 4.78 is 5.45. The van der Waals surface area contributed by atoms with Crippen LogP contribution in [0.15, 0.2) is 22.6 Å². The molecule has 0 atom stereocenters. The second kappa shape index (κ2) is 3.32. The van der Waals surface area contributed by atoms with E-state index in [0.717, 1.165) is 29.5 Å². The molecule has 88 valence electrons. The van der Waals surface area contributed by atoms with Crippen molar-refractivity contribution in [1.29, 1.82) is 0 Å². The van der Waals surface area contributed by atoms with E-state index in [9.17, 15) is 4.79 Å². The Bertz CT molecular complexity index is 596. The molecule has 0 amide bonds. The second-order valence-electron chi connectivity index (χ2n) is 4.80. The third kappa shape index (κ3) is 1.69.